The van der Waals surface area contributed by atoms with Crippen LogP contribution in [0.2, 0.25) is 0 Å². The van der Waals surface area contributed by atoms with E-state index >= 15 is 0 Å². The molecule has 2 aliphatic rings. The predicted octanol–water partition coefficient (Wildman–Crippen LogP) is 1.62. The van der Waals surface area contributed by atoms with Gasteiger partial charge in [0.2, 0.25) is 0 Å². The lowest BCUT2D eigenvalue weighted by atomic mass is 10.2. The Morgan fingerprint density at radius 3 is 2.28 bits per heavy atom. The fourth-order valence-corrected chi connectivity index (χ4v) is 2.82. The molecule has 1 atom stereocenters. The molecular weight excluding hydrogens is 232 g/mol. The Morgan fingerprint density at radius 2 is 1.67 bits per heavy atom. The lowest BCUT2D eigenvalue weighted by molar-refractivity contribution is -0.145. The molecular formula is C13H22N2O3. The van der Waals surface area contributed by atoms with Gasteiger partial charge in [-0.3, -0.25) is 0 Å². The van der Waals surface area contributed by atoms with E-state index in [9.17, 15) is 9.59 Å². The quantitative estimate of drug-likeness (QED) is 0.668. The summed E-state index contributed by atoms with van der Waals surface area (Å²) in [7, 11) is 1.38. The first-order chi connectivity index (χ1) is 8.74. The van der Waals surface area contributed by atoms with E-state index in [0.717, 1.165) is 38.8 Å². The van der Waals surface area contributed by atoms with E-state index in [1.165, 1.54) is 20.0 Å². The van der Waals surface area contributed by atoms with Crippen LogP contribution in [0.15, 0.2) is 0 Å². The molecule has 0 bridgehead atoms. The van der Waals surface area contributed by atoms with Crippen LogP contribution in [0.5, 0.6) is 0 Å². The highest BCUT2D eigenvalue weighted by atomic mass is 16.5. The Bertz CT molecular complexity index is 311. The maximum Gasteiger partial charge on any atom is 0.328 e. The summed E-state index contributed by atoms with van der Waals surface area (Å²) in [6, 6.07) is -0.351. The van der Waals surface area contributed by atoms with E-state index in [1.807, 2.05) is 4.90 Å². The topological polar surface area (TPSA) is 49.9 Å². The lowest BCUT2D eigenvalue weighted by Gasteiger charge is -2.29. The van der Waals surface area contributed by atoms with Crippen LogP contribution in [0.25, 0.3) is 0 Å². The fourth-order valence-electron chi connectivity index (χ4n) is 2.82. The molecule has 0 N–H and O–H groups in total. The van der Waals surface area contributed by atoms with Gasteiger partial charge in [0.1, 0.15) is 6.04 Å². The summed E-state index contributed by atoms with van der Waals surface area (Å²) in [5.74, 6) is -0.282. The van der Waals surface area contributed by atoms with Gasteiger partial charge in [-0.15, -0.1) is 0 Å². The molecule has 5 heteroatoms. The highest BCUT2D eigenvalue weighted by Gasteiger charge is 2.36. The molecule has 102 valence electrons. The molecule has 2 saturated heterocycles. The zero-order valence-electron chi connectivity index (χ0n) is 11.1. The van der Waals surface area contributed by atoms with Gasteiger partial charge in [-0.2, -0.15) is 0 Å². The van der Waals surface area contributed by atoms with Crippen molar-refractivity contribution in [2.24, 2.45) is 0 Å². The lowest BCUT2D eigenvalue weighted by Crippen LogP contribution is -2.48. The van der Waals surface area contributed by atoms with Gasteiger partial charge in [-0.05, 0) is 25.7 Å². The minimum absolute atomic E-state index is 0.0183. The van der Waals surface area contributed by atoms with Crippen LogP contribution in [0.4, 0.5) is 4.79 Å². The molecule has 2 amide bonds. The minimum Gasteiger partial charge on any atom is -0.467 e. The molecule has 0 aliphatic carbocycles. The van der Waals surface area contributed by atoms with Crippen molar-refractivity contribution in [3.63, 3.8) is 0 Å². The fraction of sp³-hybridized carbons (Fsp3) is 0.846. The number of esters is 1. The minimum atomic E-state index is -0.370. The smallest absolute Gasteiger partial charge is 0.328 e. The normalized spacial score (nSPS) is 24.8. The largest absolute Gasteiger partial charge is 0.467 e. The number of methoxy groups -OCH3 is 1. The average molecular weight is 254 g/mol. The van der Waals surface area contributed by atoms with Crippen LogP contribution in [0.3, 0.4) is 0 Å². The molecule has 2 rings (SSSR count). The van der Waals surface area contributed by atoms with Gasteiger partial charge in [-0.1, -0.05) is 12.8 Å². The van der Waals surface area contributed by atoms with E-state index in [1.54, 1.807) is 4.90 Å². The number of carbonyl (C=O) groups is 2. The summed E-state index contributed by atoms with van der Waals surface area (Å²) >= 11 is 0. The van der Waals surface area contributed by atoms with Gasteiger partial charge >= 0.3 is 12.0 Å². The van der Waals surface area contributed by atoms with Crippen molar-refractivity contribution in [1.82, 2.24) is 9.80 Å². The average Bonchev–Trinajstić information content (AvgIpc) is 2.72. The van der Waals surface area contributed by atoms with Crippen LogP contribution in [-0.2, 0) is 9.53 Å². The van der Waals surface area contributed by atoms with Crippen LogP contribution in [-0.4, -0.2) is 54.6 Å². The molecule has 0 aromatic rings. The van der Waals surface area contributed by atoms with Crippen molar-refractivity contribution < 1.29 is 14.3 Å². The molecule has 0 aromatic heterocycles. The maximum atomic E-state index is 12.4. The number of hydrogen-bond donors (Lipinski definition) is 0. The number of amides is 2. The van der Waals surface area contributed by atoms with E-state index in [4.69, 9.17) is 4.74 Å². The van der Waals surface area contributed by atoms with Crippen molar-refractivity contribution in [3.05, 3.63) is 0 Å². The van der Waals surface area contributed by atoms with Gasteiger partial charge < -0.3 is 14.5 Å². The highest BCUT2D eigenvalue weighted by molar-refractivity contribution is 5.84. The zero-order valence-corrected chi connectivity index (χ0v) is 11.1. The number of likely N-dealkylation sites (tertiary alicyclic amines) is 2. The predicted molar refractivity (Wildman–Crippen MR) is 67.2 cm³/mol. The number of ether oxygens (including phenoxy) is 1. The summed E-state index contributed by atoms with van der Waals surface area (Å²) in [5, 5.41) is 0. The standard InChI is InChI=1S/C13H22N2O3/c1-18-12(16)11-7-6-10-15(11)13(17)14-8-4-2-3-5-9-14/h11H,2-10H2,1H3. The van der Waals surface area contributed by atoms with Crippen LogP contribution in [0.1, 0.15) is 38.5 Å². The van der Waals surface area contributed by atoms with E-state index in [0.29, 0.717) is 6.54 Å². The summed E-state index contributed by atoms with van der Waals surface area (Å²) in [5.41, 5.74) is 0. The van der Waals surface area contributed by atoms with Crippen LogP contribution in [0, 0.1) is 0 Å². The third-order valence-corrected chi connectivity index (χ3v) is 3.85. The first-order valence-corrected chi connectivity index (χ1v) is 6.87. The van der Waals surface area contributed by atoms with Crippen LogP contribution >= 0.6 is 0 Å². The Hall–Kier alpha value is -1.26. The monoisotopic (exact) mass is 254 g/mol. The summed E-state index contributed by atoms with van der Waals surface area (Å²) in [6.45, 7) is 2.32. The molecule has 5 nitrogen and oxygen atoms in total. The van der Waals surface area contributed by atoms with Crippen molar-refractivity contribution >= 4 is 12.0 Å². The van der Waals surface area contributed by atoms with E-state index in [2.05, 4.69) is 0 Å². The Morgan fingerprint density at radius 1 is 1.00 bits per heavy atom. The second-order valence-electron chi connectivity index (χ2n) is 5.06. The number of hydrogen-bond acceptors (Lipinski definition) is 3. The zero-order chi connectivity index (χ0) is 13.0. The molecule has 2 fully saturated rings. The molecule has 18 heavy (non-hydrogen) atoms. The molecule has 0 spiro atoms. The molecule has 0 aromatic carbocycles. The molecule has 2 aliphatic heterocycles. The second-order valence-corrected chi connectivity index (χ2v) is 5.06. The van der Waals surface area contributed by atoms with Crippen molar-refractivity contribution in [2.45, 2.75) is 44.6 Å². The number of rotatable bonds is 1. The molecule has 1 unspecified atom stereocenters. The van der Waals surface area contributed by atoms with Gasteiger partial charge in [0.15, 0.2) is 0 Å². The number of nitrogens with zero attached hydrogens (tertiary/aromatic N) is 2. The maximum absolute atomic E-state index is 12.4. The summed E-state index contributed by atoms with van der Waals surface area (Å²) in [6.07, 6.45) is 6.16. The van der Waals surface area contributed by atoms with Gasteiger partial charge in [-0.25, -0.2) is 9.59 Å². The molecule has 2 heterocycles. The van der Waals surface area contributed by atoms with Crippen molar-refractivity contribution in [1.29, 1.82) is 0 Å². The second kappa shape index (κ2) is 6.07. The molecule has 0 radical (unpaired) electrons. The van der Waals surface area contributed by atoms with Gasteiger partial charge in [0, 0.05) is 19.6 Å². The SMILES string of the molecule is COC(=O)C1CCCN1C(=O)N1CCCCCC1. The number of urea groups is 1. The number of carbonyl (C=O) groups excluding carboxylic acids is 2. The van der Waals surface area contributed by atoms with E-state index < -0.39 is 0 Å². The molecule has 0 saturated carbocycles. The summed E-state index contributed by atoms with van der Waals surface area (Å²) < 4.78 is 4.78. The Balaban J connectivity index is 2.00. The van der Waals surface area contributed by atoms with Gasteiger partial charge in [0.05, 0.1) is 7.11 Å². The van der Waals surface area contributed by atoms with Crippen molar-refractivity contribution in [3.8, 4) is 0 Å². The Kier molecular flexibility index (Phi) is 4.44. The van der Waals surface area contributed by atoms with Crippen LogP contribution < -0.4 is 0 Å². The van der Waals surface area contributed by atoms with Gasteiger partial charge in [0.25, 0.3) is 0 Å². The first-order valence-electron chi connectivity index (χ1n) is 6.87. The third kappa shape index (κ3) is 2.76. The third-order valence-electron chi connectivity index (χ3n) is 3.85. The first kappa shape index (κ1) is 13.2. The van der Waals surface area contributed by atoms with Crippen molar-refractivity contribution in [2.75, 3.05) is 26.7 Å². The Labute approximate surface area is 108 Å². The highest BCUT2D eigenvalue weighted by Crippen LogP contribution is 2.21. The summed E-state index contributed by atoms with van der Waals surface area (Å²) in [4.78, 5) is 27.7. The van der Waals surface area contributed by atoms with E-state index in [-0.39, 0.29) is 18.0 Å².